The molecule has 3 aromatic carbocycles. The molecule has 0 radical (unpaired) electrons. The molecule has 0 fully saturated rings. The molecule has 0 aliphatic heterocycles. The van der Waals surface area contributed by atoms with E-state index in [0.717, 1.165) is 24.2 Å². The summed E-state index contributed by atoms with van der Waals surface area (Å²) >= 11 is 1.72. The summed E-state index contributed by atoms with van der Waals surface area (Å²) in [5.41, 5.74) is 11.1. The van der Waals surface area contributed by atoms with Crippen LogP contribution in [0.2, 0.25) is 0 Å². The van der Waals surface area contributed by atoms with Gasteiger partial charge in [0.15, 0.2) is 0 Å². The summed E-state index contributed by atoms with van der Waals surface area (Å²) in [6.07, 6.45) is 4.33. The number of nitrogens with zero attached hydrogens (tertiary/aromatic N) is 2. The van der Waals surface area contributed by atoms with Gasteiger partial charge in [-0.15, -0.1) is 11.8 Å². The van der Waals surface area contributed by atoms with E-state index in [1.807, 2.05) is 24.1 Å². The fourth-order valence-electron chi connectivity index (χ4n) is 3.51. The average Bonchev–Trinajstić information content (AvgIpc) is 3.07. The standard InChI is InChI=1S/C21H21N3S/c1-24(21(22)23-16-9-11-17(25-2)12-10-16)19-13-8-15-7-6-14-4-3-5-18(19)20(14)15/h3-5,8-13H,6-7H2,1-2H3,(H2,22,23). The zero-order valence-corrected chi connectivity index (χ0v) is 15.3. The minimum atomic E-state index is 0.496. The van der Waals surface area contributed by atoms with Crippen LogP contribution in [-0.2, 0) is 12.8 Å². The smallest absolute Gasteiger partial charge is 0.200 e. The summed E-state index contributed by atoms with van der Waals surface area (Å²) in [6.45, 7) is 0. The summed E-state index contributed by atoms with van der Waals surface area (Å²) in [6, 6.07) is 19.1. The molecule has 0 aromatic heterocycles. The van der Waals surface area contributed by atoms with Crippen LogP contribution in [0.1, 0.15) is 11.1 Å². The maximum Gasteiger partial charge on any atom is 0.200 e. The van der Waals surface area contributed by atoms with E-state index in [9.17, 15) is 0 Å². The Morgan fingerprint density at radius 1 is 1.00 bits per heavy atom. The molecule has 3 aromatic rings. The zero-order valence-electron chi connectivity index (χ0n) is 14.5. The van der Waals surface area contributed by atoms with Crippen molar-refractivity contribution in [3.05, 3.63) is 65.7 Å². The lowest BCUT2D eigenvalue weighted by Crippen LogP contribution is -2.33. The normalized spacial score (nSPS) is 13.4. The quantitative estimate of drug-likeness (QED) is 0.422. The van der Waals surface area contributed by atoms with E-state index in [-0.39, 0.29) is 0 Å². The molecule has 0 saturated carbocycles. The van der Waals surface area contributed by atoms with Gasteiger partial charge in [-0.25, -0.2) is 4.99 Å². The molecule has 0 atom stereocenters. The van der Waals surface area contributed by atoms with Crippen molar-refractivity contribution in [1.82, 2.24) is 0 Å². The Labute approximate surface area is 152 Å². The van der Waals surface area contributed by atoms with E-state index in [2.05, 4.69) is 53.7 Å². The van der Waals surface area contributed by atoms with E-state index < -0.39 is 0 Å². The molecule has 0 amide bonds. The minimum Gasteiger partial charge on any atom is -0.369 e. The highest BCUT2D eigenvalue weighted by Crippen LogP contribution is 2.36. The van der Waals surface area contributed by atoms with Crippen LogP contribution >= 0.6 is 11.8 Å². The molecule has 0 heterocycles. The van der Waals surface area contributed by atoms with Gasteiger partial charge < -0.3 is 10.6 Å². The molecule has 0 unspecified atom stereocenters. The average molecular weight is 347 g/mol. The van der Waals surface area contributed by atoms with Gasteiger partial charge in [-0.3, -0.25) is 0 Å². The lowest BCUT2D eigenvalue weighted by atomic mass is 10.0. The fourth-order valence-corrected chi connectivity index (χ4v) is 3.92. The maximum atomic E-state index is 6.31. The highest BCUT2D eigenvalue weighted by molar-refractivity contribution is 7.98. The number of hydrogen-bond acceptors (Lipinski definition) is 2. The molecule has 3 nitrogen and oxygen atoms in total. The number of aryl methyl sites for hydroxylation is 2. The van der Waals surface area contributed by atoms with E-state index in [1.54, 1.807) is 11.8 Å². The van der Waals surface area contributed by atoms with Crippen LogP contribution in [0.5, 0.6) is 0 Å². The lowest BCUT2D eigenvalue weighted by Gasteiger charge is -2.21. The Bertz CT molecular complexity index is 951. The van der Waals surface area contributed by atoms with Crippen molar-refractivity contribution in [2.75, 3.05) is 18.2 Å². The Kier molecular flexibility index (Phi) is 4.14. The first-order valence-corrected chi connectivity index (χ1v) is 9.65. The van der Waals surface area contributed by atoms with Crippen LogP contribution in [0.15, 0.2) is 64.5 Å². The van der Waals surface area contributed by atoms with Crippen molar-refractivity contribution in [3.63, 3.8) is 0 Å². The van der Waals surface area contributed by atoms with Gasteiger partial charge in [-0.1, -0.05) is 24.3 Å². The predicted molar refractivity (Wildman–Crippen MR) is 109 cm³/mol. The molecule has 126 valence electrons. The Hall–Kier alpha value is -2.46. The summed E-state index contributed by atoms with van der Waals surface area (Å²) < 4.78 is 0. The van der Waals surface area contributed by atoms with Crippen molar-refractivity contribution in [3.8, 4) is 0 Å². The number of guanidine groups is 1. The van der Waals surface area contributed by atoms with E-state index in [4.69, 9.17) is 5.73 Å². The van der Waals surface area contributed by atoms with Gasteiger partial charge in [0, 0.05) is 17.3 Å². The van der Waals surface area contributed by atoms with Crippen LogP contribution in [-0.4, -0.2) is 19.3 Å². The highest BCUT2D eigenvalue weighted by Gasteiger charge is 2.18. The Morgan fingerprint density at radius 2 is 1.72 bits per heavy atom. The SMILES string of the molecule is CSc1ccc(N=C(N)N(C)c2ccc3c4c(cccc24)CC3)cc1. The summed E-state index contributed by atoms with van der Waals surface area (Å²) in [4.78, 5) is 7.79. The van der Waals surface area contributed by atoms with Gasteiger partial charge in [0.25, 0.3) is 0 Å². The Morgan fingerprint density at radius 3 is 2.44 bits per heavy atom. The molecule has 1 aliphatic rings. The molecule has 1 aliphatic carbocycles. The third-order valence-electron chi connectivity index (χ3n) is 4.87. The van der Waals surface area contributed by atoms with Crippen LogP contribution in [0.25, 0.3) is 10.8 Å². The van der Waals surface area contributed by atoms with Crippen molar-refractivity contribution in [1.29, 1.82) is 0 Å². The van der Waals surface area contributed by atoms with Gasteiger partial charge in [0.1, 0.15) is 0 Å². The topological polar surface area (TPSA) is 41.6 Å². The predicted octanol–water partition coefficient (Wildman–Crippen LogP) is 4.74. The molecule has 25 heavy (non-hydrogen) atoms. The largest absolute Gasteiger partial charge is 0.369 e. The first-order valence-electron chi connectivity index (χ1n) is 8.43. The number of aliphatic imine (C=N–C) groups is 1. The Balaban J connectivity index is 1.72. The molecular weight excluding hydrogens is 326 g/mol. The molecule has 0 bridgehead atoms. The number of rotatable bonds is 3. The second kappa shape index (κ2) is 6.45. The molecule has 2 N–H and O–H groups in total. The van der Waals surface area contributed by atoms with Crippen molar-refractivity contribution in [2.24, 2.45) is 10.7 Å². The molecule has 0 spiro atoms. The summed E-state index contributed by atoms with van der Waals surface area (Å²) in [5, 5.41) is 2.65. The molecule has 4 rings (SSSR count). The molecular formula is C21H21N3S. The number of anilines is 1. The summed E-state index contributed by atoms with van der Waals surface area (Å²) in [7, 11) is 1.98. The summed E-state index contributed by atoms with van der Waals surface area (Å²) in [5.74, 6) is 0.496. The van der Waals surface area contributed by atoms with E-state index in [0.29, 0.717) is 5.96 Å². The van der Waals surface area contributed by atoms with Gasteiger partial charge in [-0.2, -0.15) is 0 Å². The second-order valence-electron chi connectivity index (χ2n) is 6.31. The monoisotopic (exact) mass is 347 g/mol. The van der Waals surface area contributed by atoms with Gasteiger partial charge in [0.05, 0.1) is 11.4 Å². The number of benzene rings is 3. The number of nitrogens with two attached hydrogens (primary N) is 1. The van der Waals surface area contributed by atoms with Crippen LogP contribution in [0, 0.1) is 0 Å². The minimum absolute atomic E-state index is 0.496. The highest BCUT2D eigenvalue weighted by atomic mass is 32.2. The fraction of sp³-hybridized carbons (Fsp3) is 0.190. The number of hydrogen-bond donors (Lipinski definition) is 1. The van der Waals surface area contributed by atoms with Gasteiger partial charge >= 0.3 is 0 Å². The third-order valence-corrected chi connectivity index (χ3v) is 5.62. The van der Waals surface area contributed by atoms with E-state index in [1.165, 1.54) is 26.8 Å². The van der Waals surface area contributed by atoms with Crippen molar-refractivity contribution in [2.45, 2.75) is 17.7 Å². The van der Waals surface area contributed by atoms with Gasteiger partial charge in [-0.05, 0) is 65.9 Å². The van der Waals surface area contributed by atoms with E-state index >= 15 is 0 Å². The van der Waals surface area contributed by atoms with Crippen molar-refractivity contribution < 1.29 is 0 Å². The van der Waals surface area contributed by atoms with Crippen LogP contribution in [0.4, 0.5) is 11.4 Å². The molecule has 4 heteroatoms. The number of thioether (sulfide) groups is 1. The first-order chi connectivity index (χ1) is 12.2. The van der Waals surface area contributed by atoms with Crippen LogP contribution < -0.4 is 10.6 Å². The van der Waals surface area contributed by atoms with Crippen molar-refractivity contribution >= 4 is 39.9 Å². The van der Waals surface area contributed by atoms with Gasteiger partial charge in [0.2, 0.25) is 5.96 Å². The second-order valence-corrected chi connectivity index (χ2v) is 7.19. The maximum absolute atomic E-state index is 6.31. The lowest BCUT2D eigenvalue weighted by molar-refractivity contribution is 1.02. The molecule has 0 saturated heterocycles. The van der Waals surface area contributed by atoms with Crippen LogP contribution in [0.3, 0.4) is 0 Å². The zero-order chi connectivity index (χ0) is 17.4. The third kappa shape index (κ3) is 2.87. The first kappa shape index (κ1) is 16.0.